The second kappa shape index (κ2) is 8.84. The summed E-state index contributed by atoms with van der Waals surface area (Å²) in [5.41, 5.74) is 8.20. The van der Waals surface area contributed by atoms with E-state index in [1.807, 2.05) is 48.0 Å². The lowest BCUT2D eigenvalue weighted by molar-refractivity contribution is -0.117. The van der Waals surface area contributed by atoms with Crippen molar-refractivity contribution in [3.8, 4) is 23.0 Å². The summed E-state index contributed by atoms with van der Waals surface area (Å²) in [6.45, 7) is 0. The zero-order valence-electron chi connectivity index (χ0n) is 18.0. The standard InChI is InChI=1S/C23H23N5O4/c1-28-20-6-4-16(32-17-8-9-25-14(10-17)11-22(24)29)13-18(20)26-23(28)27-19-12-15(30-2)5-7-21(19)31-3/h4-10,12-13H,11H2,1-3H3,(H2,24,29)(H,26,27). The first-order valence-corrected chi connectivity index (χ1v) is 9.83. The number of imidazole rings is 1. The highest BCUT2D eigenvalue weighted by molar-refractivity contribution is 5.82. The Morgan fingerprint density at radius 1 is 1.03 bits per heavy atom. The van der Waals surface area contributed by atoms with Crippen LogP contribution in [0.3, 0.4) is 0 Å². The molecule has 9 nitrogen and oxygen atoms in total. The number of nitrogens with one attached hydrogen (secondary N) is 1. The van der Waals surface area contributed by atoms with Crippen LogP contribution in [-0.2, 0) is 18.3 Å². The molecule has 2 heterocycles. The van der Waals surface area contributed by atoms with Gasteiger partial charge in [-0.3, -0.25) is 9.78 Å². The van der Waals surface area contributed by atoms with Crippen LogP contribution in [0.15, 0.2) is 54.7 Å². The number of amides is 1. The van der Waals surface area contributed by atoms with E-state index >= 15 is 0 Å². The molecule has 0 aliphatic rings. The molecule has 0 saturated heterocycles. The van der Waals surface area contributed by atoms with Crippen molar-refractivity contribution in [2.45, 2.75) is 6.42 Å². The van der Waals surface area contributed by atoms with Gasteiger partial charge < -0.3 is 29.8 Å². The van der Waals surface area contributed by atoms with Gasteiger partial charge in [-0.1, -0.05) is 0 Å². The number of aryl methyl sites for hydroxylation is 1. The number of ether oxygens (including phenoxy) is 3. The molecule has 0 unspecified atom stereocenters. The number of benzene rings is 2. The summed E-state index contributed by atoms with van der Waals surface area (Å²) in [7, 11) is 5.14. The number of hydrogen-bond donors (Lipinski definition) is 2. The molecular weight excluding hydrogens is 410 g/mol. The molecule has 2 aromatic heterocycles. The summed E-state index contributed by atoms with van der Waals surface area (Å²) in [6, 6.07) is 14.5. The van der Waals surface area contributed by atoms with Crippen LogP contribution in [0.25, 0.3) is 11.0 Å². The summed E-state index contributed by atoms with van der Waals surface area (Å²) in [4.78, 5) is 20.0. The van der Waals surface area contributed by atoms with Crippen LogP contribution in [0.5, 0.6) is 23.0 Å². The van der Waals surface area contributed by atoms with Gasteiger partial charge in [-0.25, -0.2) is 4.98 Å². The second-order valence-electron chi connectivity index (χ2n) is 7.06. The van der Waals surface area contributed by atoms with Crippen molar-refractivity contribution in [3.05, 3.63) is 60.4 Å². The first-order valence-electron chi connectivity index (χ1n) is 9.83. The van der Waals surface area contributed by atoms with Crippen molar-refractivity contribution in [1.29, 1.82) is 0 Å². The predicted octanol–water partition coefficient (Wildman–Crippen LogP) is 3.55. The van der Waals surface area contributed by atoms with E-state index in [-0.39, 0.29) is 6.42 Å². The maximum Gasteiger partial charge on any atom is 0.223 e. The van der Waals surface area contributed by atoms with Crippen LogP contribution in [0.1, 0.15) is 5.69 Å². The minimum absolute atomic E-state index is 0.0548. The Labute approximate surface area is 184 Å². The van der Waals surface area contributed by atoms with Crippen LogP contribution >= 0.6 is 0 Å². The number of carbonyl (C=O) groups is 1. The molecule has 4 rings (SSSR count). The first kappa shape index (κ1) is 21.0. The van der Waals surface area contributed by atoms with Gasteiger partial charge >= 0.3 is 0 Å². The molecule has 0 atom stereocenters. The van der Waals surface area contributed by atoms with Gasteiger partial charge in [0.2, 0.25) is 11.9 Å². The van der Waals surface area contributed by atoms with Crippen molar-refractivity contribution in [1.82, 2.24) is 14.5 Å². The number of pyridine rings is 1. The molecule has 1 amide bonds. The smallest absolute Gasteiger partial charge is 0.223 e. The SMILES string of the molecule is COc1ccc(OC)c(Nc2nc3cc(Oc4ccnc(CC(N)=O)c4)ccc3n2C)c1. The van der Waals surface area contributed by atoms with Crippen molar-refractivity contribution < 1.29 is 19.0 Å². The minimum atomic E-state index is -0.447. The Hall–Kier alpha value is -4.27. The predicted molar refractivity (Wildman–Crippen MR) is 121 cm³/mol. The fourth-order valence-corrected chi connectivity index (χ4v) is 3.32. The molecule has 0 saturated carbocycles. The van der Waals surface area contributed by atoms with Crippen LogP contribution in [0.2, 0.25) is 0 Å². The first-order chi connectivity index (χ1) is 15.5. The van der Waals surface area contributed by atoms with Gasteiger partial charge in [-0.05, 0) is 30.3 Å². The van der Waals surface area contributed by atoms with E-state index in [9.17, 15) is 4.79 Å². The van der Waals surface area contributed by atoms with Crippen molar-refractivity contribution >= 4 is 28.6 Å². The van der Waals surface area contributed by atoms with Gasteiger partial charge in [0.15, 0.2) is 0 Å². The van der Waals surface area contributed by atoms with Crippen molar-refractivity contribution in [2.24, 2.45) is 12.8 Å². The number of nitrogens with zero attached hydrogens (tertiary/aromatic N) is 3. The Balaban J connectivity index is 1.61. The van der Waals surface area contributed by atoms with Crippen LogP contribution in [0.4, 0.5) is 11.6 Å². The number of nitrogens with two attached hydrogens (primary N) is 1. The topological polar surface area (TPSA) is 114 Å². The van der Waals surface area contributed by atoms with E-state index in [1.54, 1.807) is 32.5 Å². The number of aromatic nitrogens is 3. The highest BCUT2D eigenvalue weighted by Crippen LogP contribution is 2.33. The molecule has 0 bridgehead atoms. The maximum atomic E-state index is 11.1. The average molecular weight is 433 g/mol. The van der Waals surface area contributed by atoms with E-state index in [4.69, 9.17) is 24.9 Å². The van der Waals surface area contributed by atoms with Gasteiger partial charge in [0.05, 0.1) is 43.1 Å². The highest BCUT2D eigenvalue weighted by Gasteiger charge is 2.13. The normalized spacial score (nSPS) is 10.7. The molecule has 3 N–H and O–H groups in total. The summed E-state index contributed by atoms with van der Waals surface area (Å²) in [6.07, 6.45) is 1.63. The molecule has 32 heavy (non-hydrogen) atoms. The Kier molecular flexibility index (Phi) is 5.80. The van der Waals surface area contributed by atoms with E-state index in [2.05, 4.69) is 10.3 Å². The van der Waals surface area contributed by atoms with E-state index in [1.165, 1.54) is 0 Å². The number of primary amides is 1. The fraction of sp³-hybridized carbons (Fsp3) is 0.174. The zero-order chi connectivity index (χ0) is 22.7. The lowest BCUT2D eigenvalue weighted by Gasteiger charge is -2.12. The third-order valence-electron chi connectivity index (χ3n) is 4.88. The van der Waals surface area contributed by atoms with Crippen molar-refractivity contribution in [3.63, 3.8) is 0 Å². The van der Waals surface area contributed by atoms with E-state index < -0.39 is 5.91 Å². The number of rotatable bonds is 8. The summed E-state index contributed by atoms with van der Waals surface area (Å²) in [5.74, 6) is 2.74. The molecular formula is C23H23N5O4. The maximum absolute atomic E-state index is 11.1. The summed E-state index contributed by atoms with van der Waals surface area (Å²) >= 11 is 0. The number of hydrogen-bond acceptors (Lipinski definition) is 7. The molecule has 0 aliphatic heterocycles. The number of carbonyl (C=O) groups excluding carboxylic acids is 1. The Bertz CT molecular complexity index is 1280. The van der Waals surface area contributed by atoms with E-state index in [0.29, 0.717) is 34.6 Å². The molecule has 0 radical (unpaired) electrons. The van der Waals surface area contributed by atoms with Gasteiger partial charge in [-0.2, -0.15) is 0 Å². The lowest BCUT2D eigenvalue weighted by Crippen LogP contribution is -2.14. The van der Waals surface area contributed by atoms with Crippen molar-refractivity contribution in [2.75, 3.05) is 19.5 Å². The Morgan fingerprint density at radius 3 is 2.56 bits per heavy atom. The van der Waals surface area contributed by atoms with Gasteiger partial charge in [-0.15, -0.1) is 0 Å². The van der Waals surface area contributed by atoms with Crippen LogP contribution < -0.4 is 25.3 Å². The van der Waals surface area contributed by atoms with Gasteiger partial charge in [0, 0.05) is 31.4 Å². The quantitative estimate of drug-likeness (QED) is 0.437. The van der Waals surface area contributed by atoms with Crippen LogP contribution in [0, 0.1) is 0 Å². The molecule has 164 valence electrons. The molecule has 0 fully saturated rings. The largest absolute Gasteiger partial charge is 0.497 e. The molecule has 9 heteroatoms. The molecule has 0 aliphatic carbocycles. The Morgan fingerprint density at radius 2 is 1.81 bits per heavy atom. The zero-order valence-corrected chi connectivity index (χ0v) is 18.0. The second-order valence-corrected chi connectivity index (χ2v) is 7.06. The molecule has 0 spiro atoms. The number of anilines is 2. The minimum Gasteiger partial charge on any atom is -0.497 e. The third-order valence-corrected chi connectivity index (χ3v) is 4.88. The number of fused-ring (bicyclic) bond motifs is 1. The third kappa shape index (κ3) is 4.41. The molecule has 4 aromatic rings. The highest BCUT2D eigenvalue weighted by atomic mass is 16.5. The van der Waals surface area contributed by atoms with Gasteiger partial charge in [0.25, 0.3) is 0 Å². The summed E-state index contributed by atoms with van der Waals surface area (Å²) < 4.78 is 18.6. The molecule has 2 aromatic carbocycles. The average Bonchev–Trinajstić information content (AvgIpc) is 3.08. The monoisotopic (exact) mass is 433 g/mol. The summed E-state index contributed by atoms with van der Waals surface area (Å²) in [5, 5.41) is 3.30. The van der Waals surface area contributed by atoms with Gasteiger partial charge in [0.1, 0.15) is 23.0 Å². The van der Waals surface area contributed by atoms with Crippen LogP contribution in [-0.4, -0.2) is 34.7 Å². The number of methoxy groups -OCH3 is 2. The lowest BCUT2D eigenvalue weighted by atomic mass is 10.2. The fourth-order valence-electron chi connectivity index (χ4n) is 3.32. The van der Waals surface area contributed by atoms with E-state index in [0.717, 1.165) is 16.7 Å².